The average molecular weight is 251 g/mol. The van der Waals surface area contributed by atoms with Crippen molar-refractivity contribution in [2.24, 2.45) is 5.92 Å². The lowest BCUT2D eigenvalue weighted by atomic mass is 9.77. The Balaban J connectivity index is 1.86. The normalized spacial score (nSPS) is 26.7. The molecule has 2 rings (SSSR count). The highest BCUT2D eigenvalue weighted by Crippen LogP contribution is 2.39. The van der Waals surface area contributed by atoms with Crippen LogP contribution in [0.2, 0.25) is 0 Å². The molecule has 0 aromatic heterocycles. The molecule has 17 heavy (non-hydrogen) atoms. The molecule has 1 saturated carbocycles. The van der Waals surface area contributed by atoms with E-state index in [9.17, 15) is 0 Å². The summed E-state index contributed by atoms with van der Waals surface area (Å²) in [6.07, 6.45) is 7.67. The van der Waals surface area contributed by atoms with Gasteiger partial charge in [0, 0.05) is 5.38 Å². The number of benzene rings is 1. The second-order valence-electron chi connectivity index (χ2n) is 5.33. The summed E-state index contributed by atoms with van der Waals surface area (Å²) in [6, 6.07) is 11.0. The van der Waals surface area contributed by atoms with Crippen LogP contribution in [-0.2, 0) is 0 Å². The molecule has 1 heteroatoms. The standard InChI is InChI=1S/C16H23Cl/c1-2-6-16(17)15-11-9-14(10-12-15)13-7-4-3-5-8-13/h3-5,7-8,14-16H,2,6,9-12H2,1H3. The highest BCUT2D eigenvalue weighted by Gasteiger charge is 2.26. The quantitative estimate of drug-likeness (QED) is 0.631. The van der Waals surface area contributed by atoms with Crippen molar-refractivity contribution in [3.63, 3.8) is 0 Å². The zero-order valence-electron chi connectivity index (χ0n) is 10.7. The number of rotatable bonds is 4. The maximum atomic E-state index is 6.45. The molecular weight excluding hydrogens is 228 g/mol. The highest BCUT2D eigenvalue weighted by atomic mass is 35.5. The molecule has 1 aromatic rings. The molecule has 0 amide bonds. The molecule has 1 aliphatic rings. The summed E-state index contributed by atoms with van der Waals surface area (Å²) in [7, 11) is 0. The van der Waals surface area contributed by atoms with Crippen molar-refractivity contribution in [3.8, 4) is 0 Å². The average Bonchev–Trinajstić information content (AvgIpc) is 2.40. The molecule has 94 valence electrons. The Labute approximate surface area is 110 Å². The summed E-state index contributed by atoms with van der Waals surface area (Å²) in [5, 5.41) is 0.414. The Hall–Kier alpha value is -0.490. The molecule has 1 aliphatic carbocycles. The predicted molar refractivity (Wildman–Crippen MR) is 75.7 cm³/mol. The Morgan fingerprint density at radius 1 is 1.12 bits per heavy atom. The van der Waals surface area contributed by atoms with Gasteiger partial charge in [-0.25, -0.2) is 0 Å². The Bertz CT molecular complexity index is 312. The van der Waals surface area contributed by atoms with E-state index in [4.69, 9.17) is 11.6 Å². The second kappa shape index (κ2) is 6.44. The topological polar surface area (TPSA) is 0 Å². The van der Waals surface area contributed by atoms with Crippen LogP contribution < -0.4 is 0 Å². The molecule has 0 nitrogen and oxygen atoms in total. The second-order valence-corrected chi connectivity index (χ2v) is 5.89. The maximum Gasteiger partial charge on any atom is 0.0364 e. The molecule has 0 aliphatic heterocycles. The molecule has 1 aromatic carbocycles. The van der Waals surface area contributed by atoms with E-state index in [1.165, 1.54) is 44.1 Å². The van der Waals surface area contributed by atoms with Gasteiger partial charge in [-0.2, -0.15) is 0 Å². The fourth-order valence-corrected chi connectivity index (χ4v) is 3.52. The van der Waals surface area contributed by atoms with Gasteiger partial charge in [-0.1, -0.05) is 43.7 Å². The van der Waals surface area contributed by atoms with Gasteiger partial charge >= 0.3 is 0 Å². The SMILES string of the molecule is CCCC(Cl)C1CCC(c2ccccc2)CC1. The number of halogens is 1. The van der Waals surface area contributed by atoms with Crippen LogP contribution in [0.25, 0.3) is 0 Å². The molecule has 1 fully saturated rings. The number of hydrogen-bond acceptors (Lipinski definition) is 0. The summed E-state index contributed by atoms with van der Waals surface area (Å²) in [6.45, 7) is 2.23. The highest BCUT2D eigenvalue weighted by molar-refractivity contribution is 6.20. The predicted octanol–water partition coefficient (Wildman–Crippen LogP) is 5.37. The van der Waals surface area contributed by atoms with Gasteiger partial charge in [0.15, 0.2) is 0 Å². The van der Waals surface area contributed by atoms with Crippen LogP contribution in [0.5, 0.6) is 0 Å². The molecule has 1 unspecified atom stereocenters. The Morgan fingerprint density at radius 3 is 2.35 bits per heavy atom. The van der Waals surface area contributed by atoms with Crippen LogP contribution in [0.15, 0.2) is 30.3 Å². The van der Waals surface area contributed by atoms with E-state index < -0.39 is 0 Å². The van der Waals surface area contributed by atoms with E-state index >= 15 is 0 Å². The first-order valence-corrected chi connectivity index (χ1v) is 7.44. The van der Waals surface area contributed by atoms with Crippen LogP contribution in [-0.4, -0.2) is 5.38 Å². The molecule has 1 atom stereocenters. The van der Waals surface area contributed by atoms with Gasteiger partial charge in [0.2, 0.25) is 0 Å². The van der Waals surface area contributed by atoms with Crippen molar-refractivity contribution in [2.75, 3.05) is 0 Å². The van der Waals surface area contributed by atoms with Crippen LogP contribution >= 0.6 is 11.6 Å². The largest absolute Gasteiger partial charge is 0.123 e. The van der Waals surface area contributed by atoms with Crippen molar-refractivity contribution in [1.29, 1.82) is 0 Å². The number of alkyl halides is 1. The van der Waals surface area contributed by atoms with E-state index in [1.807, 2.05) is 0 Å². The summed E-state index contributed by atoms with van der Waals surface area (Å²) < 4.78 is 0. The van der Waals surface area contributed by atoms with E-state index in [0.717, 1.165) is 11.8 Å². The molecule has 0 radical (unpaired) electrons. The zero-order valence-corrected chi connectivity index (χ0v) is 11.5. The first kappa shape index (κ1) is 13.0. The maximum absolute atomic E-state index is 6.45. The van der Waals surface area contributed by atoms with Crippen LogP contribution in [0.4, 0.5) is 0 Å². The monoisotopic (exact) mass is 250 g/mol. The summed E-state index contributed by atoms with van der Waals surface area (Å²) >= 11 is 6.45. The zero-order chi connectivity index (χ0) is 12.1. The minimum atomic E-state index is 0.414. The lowest BCUT2D eigenvalue weighted by Gasteiger charge is -2.31. The third kappa shape index (κ3) is 3.48. The van der Waals surface area contributed by atoms with Crippen LogP contribution in [0.1, 0.15) is 56.9 Å². The summed E-state index contributed by atoms with van der Waals surface area (Å²) in [4.78, 5) is 0. The van der Waals surface area contributed by atoms with Gasteiger partial charge in [0.05, 0.1) is 0 Å². The van der Waals surface area contributed by atoms with Gasteiger partial charge in [-0.15, -0.1) is 11.6 Å². The third-order valence-electron chi connectivity index (χ3n) is 4.12. The number of hydrogen-bond donors (Lipinski definition) is 0. The van der Waals surface area contributed by atoms with E-state index in [0.29, 0.717) is 5.38 Å². The minimum absolute atomic E-state index is 0.414. The van der Waals surface area contributed by atoms with Crippen molar-refractivity contribution in [3.05, 3.63) is 35.9 Å². The Kier molecular flexibility index (Phi) is 4.91. The summed E-state index contributed by atoms with van der Waals surface area (Å²) in [5.74, 6) is 1.54. The lowest BCUT2D eigenvalue weighted by Crippen LogP contribution is -2.21. The fourth-order valence-electron chi connectivity index (χ4n) is 3.05. The van der Waals surface area contributed by atoms with E-state index in [1.54, 1.807) is 0 Å². The third-order valence-corrected chi connectivity index (χ3v) is 4.69. The van der Waals surface area contributed by atoms with Crippen molar-refractivity contribution in [1.82, 2.24) is 0 Å². The molecule has 0 bridgehead atoms. The first-order chi connectivity index (χ1) is 8.31. The lowest BCUT2D eigenvalue weighted by molar-refractivity contribution is 0.309. The van der Waals surface area contributed by atoms with E-state index in [2.05, 4.69) is 37.3 Å². The van der Waals surface area contributed by atoms with Gasteiger partial charge < -0.3 is 0 Å². The van der Waals surface area contributed by atoms with Gasteiger partial charge in [0.1, 0.15) is 0 Å². The van der Waals surface area contributed by atoms with Gasteiger partial charge in [-0.05, 0) is 49.5 Å². The smallest absolute Gasteiger partial charge is 0.0364 e. The van der Waals surface area contributed by atoms with Crippen LogP contribution in [0, 0.1) is 5.92 Å². The van der Waals surface area contributed by atoms with Gasteiger partial charge in [0.25, 0.3) is 0 Å². The van der Waals surface area contributed by atoms with Crippen molar-refractivity contribution in [2.45, 2.75) is 56.7 Å². The first-order valence-electron chi connectivity index (χ1n) is 7.00. The summed E-state index contributed by atoms with van der Waals surface area (Å²) in [5.41, 5.74) is 1.52. The Morgan fingerprint density at radius 2 is 1.76 bits per heavy atom. The van der Waals surface area contributed by atoms with E-state index in [-0.39, 0.29) is 0 Å². The minimum Gasteiger partial charge on any atom is -0.123 e. The molecule has 0 N–H and O–H groups in total. The van der Waals surface area contributed by atoms with Crippen molar-refractivity contribution < 1.29 is 0 Å². The van der Waals surface area contributed by atoms with Gasteiger partial charge in [-0.3, -0.25) is 0 Å². The molecule has 0 heterocycles. The van der Waals surface area contributed by atoms with Crippen LogP contribution in [0.3, 0.4) is 0 Å². The molecule has 0 saturated heterocycles. The fraction of sp³-hybridized carbons (Fsp3) is 0.625. The molecule has 0 spiro atoms. The van der Waals surface area contributed by atoms with Crippen molar-refractivity contribution >= 4 is 11.6 Å². The molecular formula is C16H23Cl.